The van der Waals surface area contributed by atoms with Gasteiger partial charge in [0.1, 0.15) is 5.82 Å². The molecule has 25 heavy (non-hydrogen) atoms. The molecule has 0 aliphatic heterocycles. The van der Waals surface area contributed by atoms with Crippen molar-refractivity contribution in [1.29, 1.82) is 0 Å². The minimum atomic E-state index is -0.0867. The lowest BCUT2D eigenvalue weighted by Gasteiger charge is -2.23. The van der Waals surface area contributed by atoms with Gasteiger partial charge in [-0.25, -0.2) is 4.98 Å². The number of hydrogen-bond acceptors (Lipinski definition) is 4. The molecule has 2 N–H and O–H groups in total. The van der Waals surface area contributed by atoms with Crippen LogP contribution < -0.4 is 10.6 Å². The van der Waals surface area contributed by atoms with Crippen molar-refractivity contribution in [3.05, 3.63) is 53.7 Å². The van der Waals surface area contributed by atoms with Gasteiger partial charge in [-0.2, -0.15) is 0 Å². The highest BCUT2D eigenvalue weighted by atomic mass is 16.1. The second kappa shape index (κ2) is 8.12. The molecule has 0 bridgehead atoms. The number of benzene rings is 1. The lowest BCUT2D eigenvalue weighted by atomic mass is 9.86. The molecule has 0 fully saturated rings. The molecule has 0 spiro atoms. The third-order valence-electron chi connectivity index (χ3n) is 3.86. The smallest absolute Gasteiger partial charge is 0.251 e. The molecule has 0 saturated heterocycles. The average Bonchev–Trinajstić information content (AvgIpc) is 2.54. The maximum atomic E-state index is 12.3. The van der Waals surface area contributed by atoms with Gasteiger partial charge < -0.3 is 15.5 Å². The van der Waals surface area contributed by atoms with Crippen LogP contribution in [0.2, 0.25) is 0 Å². The molecule has 0 radical (unpaired) electrons. The van der Waals surface area contributed by atoms with Gasteiger partial charge in [0.2, 0.25) is 0 Å². The average molecular weight is 340 g/mol. The summed E-state index contributed by atoms with van der Waals surface area (Å²) in [5.41, 5.74) is 2.83. The highest BCUT2D eigenvalue weighted by molar-refractivity contribution is 5.94. The van der Waals surface area contributed by atoms with Crippen LogP contribution in [0.1, 0.15) is 36.7 Å². The first-order chi connectivity index (χ1) is 11.8. The summed E-state index contributed by atoms with van der Waals surface area (Å²) in [7, 11) is 3.96. The van der Waals surface area contributed by atoms with Gasteiger partial charge >= 0.3 is 0 Å². The molecule has 1 heterocycles. The summed E-state index contributed by atoms with van der Waals surface area (Å²) < 4.78 is 0. The predicted octanol–water partition coefficient (Wildman–Crippen LogP) is 3.41. The molecule has 0 saturated carbocycles. The number of carbonyl (C=O) groups excluding carboxylic acids is 1. The Balaban J connectivity index is 2.14. The van der Waals surface area contributed by atoms with Crippen molar-refractivity contribution in [3.8, 4) is 0 Å². The first kappa shape index (κ1) is 18.9. The van der Waals surface area contributed by atoms with Crippen LogP contribution in [0.25, 0.3) is 0 Å². The fraction of sp³-hybridized carbons (Fsp3) is 0.400. The van der Waals surface area contributed by atoms with Crippen molar-refractivity contribution in [2.75, 3.05) is 32.5 Å². The van der Waals surface area contributed by atoms with Crippen LogP contribution in [0.4, 0.5) is 11.5 Å². The Labute approximate surface area is 150 Å². The van der Waals surface area contributed by atoms with Gasteiger partial charge in [-0.15, -0.1) is 0 Å². The Morgan fingerprint density at radius 2 is 1.88 bits per heavy atom. The van der Waals surface area contributed by atoms with E-state index in [0.717, 1.165) is 12.2 Å². The van der Waals surface area contributed by atoms with Gasteiger partial charge in [0.15, 0.2) is 0 Å². The molecular weight excluding hydrogens is 312 g/mol. The molecule has 0 aliphatic rings. The van der Waals surface area contributed by atoms with Crippen LogP contribution in [-0.4, -0.2) is 43.0 Å². The summed E-state index contributed by atoms with van der Waals surface area (Å²) in [5, 5.41) is 6.27. The number of amides is 1. The SMILES string of the molecule is CN(C)CCNC(=O)c1ccnc(Nc2ccccc2C(C)(C)C)c1. The molecular formula is C20H28N4O. The number of anilines is 2. The Bertz CT molecular complexity index is 720. The van der Waals surface area contributed by atoms with Crippen molar-refractivity contribution in [2.24, 2.45) is 0 Å². The first-order valence-electron chi connectivity index (χ1n) is 8.53. The van der Waals surface area contributed by atoms with E-state index in [0.29, 0.717) is 17.9 Å². The highest BCUT2D eigenvalue weighted by Crippen LogP contribution is 2.30. The quantitative estimate of drug-likeness (QED) is 0.846. The van der Waals surface area contributed by atoms with E-state index in [2.05, 4.69) is 42.5 Å². The summed E-state index contributed by atoms with van der Waals surface area (Å²) in [5.74, 6) is 0.577. The molecule has 0 atom stereocenters. The molecule has 1 aromatic carbocycles. The van der Waals surface area contributed by atoms with Gasteiger partial charge in [-0.1, -0.05) is 39.0 Å². The Kier molecular flexibility index (Phi) is 6.15. The van der Waals surface area contributed by atoms with E-state index >= 15 is 0 Å². The molecule has 5 nitrogen and oxygen atoms in total. The summed E-state index contributed by atoms with van der Waals surface area (Å²) >= 11 is 0. The van der Waals surface area contributed by atoms with Gasteiger partial charge in [0, 0.05) is 30.5 Å². The Morgan fingerprint density at radius 3 is 2.56 bits per heavy atom. The third kappa shape index (κ3) is 5.57. The lowest BCUT2D eigenvalue weighted by Crippen LogP contribution is -2.31. The minimum Gasteiger partial charge on any atom is -0.351 e. The van der Waals surface area contributed by atoms with E-state index in [1.807, 2.05) is 37.2 Å². The number of likely N-dealkylation sites (N-methyl/N-ethyl adjacent to an activating group) is 1. The van der Waals surface area contributed by atoms with E-state index in [1.165, 1.54) is 5.56 Å². The zero-order valence-electron chi connectivity index (χ0n) is 15.8. The highest BCUT2D eigenvalue weighted by Gasteiger charge is 2.17. The second-order valence-electron chi connectivity index (χ2n) is 7.41. The van der Waals surface area contributed by atoms with Crippen molar-refractivity contribution >= 4 is 17.4 Å². The molecule has 5 heteroatoms. The lowest BCUT2D eigenvalue weighted by molar-refractivity contribution is 0.0951. The molecule has 1 aromatic heterocycles. The Morgan fingerprint density at radius 1 is 1.16 bits per heavy atom. The van der Waals surface area contributed by atoms with E-state index in [4.69, 9.17) is 0 Å². The van der Waals surface area contributed by atoms with E-state index in [-0.39, 0.29) is 11.3 Å². The maximum Gasteiger partial charge on any atom is 0.251 e. The summed E-state index contributed by atoms with van der Waals surface area (Å²) in [6.45, 7) is 7.95. The number of carbonyl (C=O) groups is 1. The molecule has 0 aliphatic carbocycles. The Hall–Kier alpha value is -2.40. The van der Waals surface area contributed by atoms with Crippen molar-refractivity contribution in [1.82, 2.24) is 15.2 Å². The number of nitrogens with zero attached hydrogens (tertiary/aromatic N) is 2. The van der Waals surface area contributed by atoms with Crippen LogP contribution in [0.5, 0.6) is 0 Å². The fourth-order valence-electron chi connectivity index (χ4n) is 2.52. The number of hydrogen-bond donors (Lipinski definition) is 2. The largest absolute Gasteiger partial charge is 0.351 e. The maximum absolute atomic E-state index is 12.3. The minimum absolute atomic E-state index is 0.0186. The first-order valence-corrected chi connectivity index (χ1v) is 8.53. The molecule has 2 aromatic rings. The van der Waals surface area contributed by atoms with Crippen LogP contribution in [-0.2, 0) is 5.41 Å². The molecule has 2 rings (SSSR count). The number of nitrogens with one attached hydrogen (secondary N) is 2. The molecule has 134 valence electrons. The third-order valence-corrected chi connectivity index (χ3v) is 3.86. The number of rotatable bonds is 6. The second-order valence-corrected chi connectivity index (χ2v) is 7.41. The van der Waals surface area contributed by atoms with Crippen LogP contribution in [0, 0.1) is 0 Å². The standard InChI is InChI=1S/C20H28N4O/c1-20(2,3)16-8-6-7-9-17(16)23-18-14-15(10-11-21-18)19(25)22-12-13-24(4)5/h6-11,14H,12-13H2,1-5H3,(H,21,23)(H,22,25). The monoisotopic (exact) mass is 340 g/mol. The summed E-state index contributed by atoms with van der Waals surface area (Å²) in [6, 6.07) is 11.7. The predicted molar refractivity (Wildman–Crippen MR) is 104 cm³/mol. The van der Waals surface area contributed by atoms with Gasteiger partial charge in [0.05, 0.1) is 0 Å². The molecule has 0 unspecified atom stereocenters. The van der Waals surface area contributed by atoms with E-state index in [9.17, 15) is 4.79 Å². The van der Waals surface area contributed by atoms with Crippen molar-refractivity contribution in [3.63, 3.8) is 0 Å². The number of aromatic nitrogens is 1. The zero-order chi connectivity index (χ0) is 18.4. The number of pyridine rings is 1. The van der Waals surface area contributed by atoms with E-state index < -0.39 is 0 Å². The molecule has 1 amide bonds. The van der Waals surface area contributed by atoms with Gasteiger partial charge in [0.25, 0.3) is 5.91 Å². The summed E-state index contributed by atoms with van der Waals surface area (Å²) in [4.78, 5) is 18.7. The fourth-order valence-corrected chi connectivity index (χ4v) is 2.52. The van der Waals surface area contributed by atoms with Crippen LogP contribution in [0.15, 0.2) is 42.6 Å². The van der Waals surface area contributed by atoms with Crippen LogP contribution >= 0.6 is 0 Å². The van der Waals surface area contributed by atoms with Crippen molar-refractivity contribution in [2.45, 2.75) is 26.2 Å². The van der Waals surface area contributed by atoms with Gasteiger partial charge in [-0.05, 0) is 43.3 Å². The van der Waals surface area contributed by atoms with E-state index in [1.54, 1.807) is 18.3 Å². The number of para-hydroxylation sites is 1. The zero-order valence-corrected chi connectivity index (χ0v) is 15.8. The topological polar surface area (TPSA) is 57.3 Å². The van der Waals surface area contributed by atoms with Crippen LogP contribution in [0.3, 0.4) is 0 Å². The summed E-state index contributed by atoms with van der Waals surface area (Å²) in [6.07, 6.45) is 1.66. The van der Waals surface area contributed by atoms with Gasteiger partial charge in [-0.3, -0.25) is 4.79 Å². The van der Waals surface area contributed by atoms with Crippen molar-refractivity contribution < 1.29 is 4.79 Å². The normalized spacial score (nSPS) is 11.4.